The van der Waals surface area contributed by atoms with Gasteiger partial charge in [0.25, 0.3) is 10.0 Å². The van der Waals surface area contributed by atoms with E-state index in [9.17, 15) is 8.42 Å². The van der Waals surface area contributed by atoms with Gasteiger partial charge in [0.2, 0.25) is 0 Å². The molecule has 8 heteroatoms. The number of nitrogens with zero attached hydrogens (tertiary/aromatic N) is 1. The van der Waals surface area contributed by atoms with Crippen LogP contribution in [0.3, 0.4) is 0 Å². The lowest BCUT2D eigenvalue weighted by atomic mass is 11.0. The highest BCUT2D eigenvalue weighted by atomic mass is 32.2. The van der Waals surface area contributed by atoms with E-state index in [1.807, 2.05) is 0 Å². The van der Waals surface area contributed by atoms with Crippen LogP contribution in [0, 0.1) is 0 Å². The van der Waals surface area contributed by atoms with Gasteiger partial charge in [0.1, 0.15) is 0 Å². The second-order valence-corrected chi connectivity index (χ2v) is 3.94. The fourth-order valence-electron chi connectivity index (χ4n) is 0.397. The molecule has 1 aliphatic rings. The van der Waals surface area contributed by atoms with Crippen LogP contribution in [0.2, 0.25) is 0 Å². The summed E-state index contributed by atoms with van der Waals surface area (Å²) in [4.78, 5) is 0. The second kappa shape index (κ2) is 2.40. The first kappa shape index (κ1) is 7.82. The topological polar surface area (TPSA) is 101 Å². The molecule has 0 aromatic heterocycles. The summed E-state index contributed by atoms with van der Waals surface area (Å²) in [6.07, 6.45) is 0. The summed E-state index contributed by atoms with van der Waals surface area (Å²) in [7, 11) is -3.63. The van der Waals surface area contributed by atoms with Crippen molar-refractivity contribution in [3.63, 3.8) is 0 Å². The Morgan fingerprint density at radius 1 is 1.70 bits per heavy atom. The van der Waals surface area contributed by atoms with Crippen molar-refractivity contribution in [3.8, 4) is 0 Å². The van der Waals surface area contributed by atoms with Crippen LogP contribution in [0.15, 0.2) is 10.4 Å². The fraction of sp³-hybridized carbons (Fsp3) is 0. The number of rotatable bonds is 1. The Morgan fingerprint density at radius 2 is 2.30 bits per heavy atom. The molecule has 0 saturated heterocycles. The highest BCUT2D eigenvalue weighted by Gasteiger charge is 2.19. The van der Waals surface area contributed by atoms with Gasteiger partial charge in [0.15, 0.2) is 5.03 Å². The van der Waals surface area contributed by atoms with Crippen molar-refractivity contribution in [1.82, 2.24) is 9.95 Å². The van der Waals surface area contributed by atoms with E-state index >= 15 is 0 Å². The predicted molar refractivity (Wildman–Crippen MR) is 37.9 cm³/mol. The SMILES string of the molecule is NN1NC(S(N)(=O)=O)=CS1. The minimum atomic E-state index is -3.63. The van der Waals surface area contributed by atoms with E-state index in [-0.39, 0.29) is 5.03 Å². The third-order valence-corrected chi connectivity index (χ3v) is 2.43. The maximum atomic E-state index is 10.5. The zero-order valence-corrected chi connectivity index (χ0v) is 6.45. The van der Waals surface area contributed by atoms with Gasteiger partial charge in [-0.2, -0.15) is 0 Å². The lowest BCUT2D eigenvalue weighted by molar-refractivity contribution is 0.431. The van der Waals surface area contributed by atoms with Crippen molar-refractivity contribution in [2.75, 3.05) is 0 Å². The summed E-state index contributed by atoms with van der Waals surface area (Å²) in [6, 6.07) is 0. The van der Waals surface area contributed by atoms with Crippen molar-refractivity contribution in [2.24, 2.45) is 11.0 Å². The van der Waals surface area contributed by atoms with Crippen molar-refractivity contribution in [3.05, 3.63) is 10.4 Å². The molecule has 1 aliphatic heterocycles. The normalized spacial score (nSPS) is 20.4. The van der Waals surface area contributed by atoms with E-state index in [4.69, 9.17) is 11.0 Å². The predicted octanol–water partition coefficient (Wildman–Crippen LogP) is -1.58. The third-order valence-electron chi connectivity index (χ3n) is 0.800. The number of nitrogens with one attached hydrogen (secondary N) is 1. The molecule has 0 unspecified atom stereocenters. The molecule has 0 amide bonds. The molecule has 0 radical (unpaired) electrons. The lowest BCUT2D eigenvalue weighted by Crippen LogP contribution is -2.36. The molecule has 0 spiro atoms. The maximum Gasteiger partial charge on any atom is 0.255 e. The Kier molecular flexibility index (Phi) is 1.88. The standard InChI is InChI=1S/C2H6N4O2S2/c3-6-5-2(1-9-6)10(4,7)8/h1,5H,3H2,(H2,4,7,8). The zero-order chi connectivity index (χ0) is 7.78. The summed E-state index contributed by atoms with van der Waals surface area (Å²) in [5.74, 6) is 5.13. The minimum absolute atomic E-state index is 0.0833. The largest absolute Gasteiger partial charge is 0.284 e. The number of hydrogen-bond acceptors (Lipinski definition) is 6. The summed E-state index contributed by atoms with van der Waals surface area (Å²) in [5, 5.41) is 5.98. The van der Waals surface area contributed by atoms with Crippen LogP contribution in [0.25, 0.3) is 0 Å². The average Bonchev–Trinajstić information content (AvgIpc) is 2.11. The summed E-state index contributed by atoms with van der Waals surface area (Å²) in [6.45, 7) is 0. The van der Waals surface area contributed by atoms with Gasteiger partial charge in [-0.3, -0.25) is 5.43 Å². The van der Waals surface area contributed by atoms with Crippen LogP contribution >= 0.6 is 11.9 Å². The van der Waals surface area contributed by atoms with Gasteiger partial charge in [-0.05, 0) is 11.9 Å². The molecular weight excluding hydrogens is 176 g/mol. The molecule has 0 atom stereocenters. The molecule has 0 aliphatic carbocycles. The molecule has 0 saturated carbocycles. The maximum absolute atomic E-state index is 10.5. The molecule has 0 fully saturated rings. The fourth-order valence-corrected chi connectivity index (χ4v) is 1.76. The second-order valence-electron chi connectivity index (χ2n) is 1.57. The Bertz CT molecular complexity index is 256. The van der Waals surface area contributed by atoms with Gasteiger partial charge in [0, 0.05) is 5.41 Å². The molecule has 5 N–H and O–H groups in total. The van der Waals surface area contributed by atoms with Crippen LogP contribution in [-0.2, 0) is 10.0 Å². The van der Waals surface area contributed by atoms with Crippen molar-refractivity contribution in [2.45, 2.75) is 0 Å². The van der Waals surface area contributed by atoms with Gasteiger partial charge in [-0.1, -0.05) is 4.52 Å². The van der Waals surface area contributed by atoms with Gasteiger partial charge < -0.3 is 0 Å². The van der Waals surface area contributed by atoms with Crippen LogP contribution in [0.5, 0.6) is 0 Å². The van der Waals surface area contributed by atoms with E-state index in [2.05, 4.69) is 5.43 Å². The van der Waals surface area contributed by atoms with E-state index in [1.165, 1.54) is 5.41 Å². The number of sulfonamides is 1. The van der Waals surface area contributed by atoms with Crippen LogP contribution in [-0.4, -0.2) is 12.9 Å². The van der Waals surface area contributed by atoms with Gasteiger partial charge in [0.05, 0.1) is 0 Å². The third kappa shape index (κ3) is 1.61. The molecule has 10 heavy (non-hydrogen) atoms. The van der Waals surface area contributed by atoms with Crippen LogP contribution < -0.4 is 16.4 Å². The minimum Gasteiger partial charge on any atom is -0.284 e. The molecule has 6 nitrogen and oxygen atoms in total. The Hall–Kier alpha value is -0.280. The van der Waals surface area contributed by atoms with Crippen molar-refractivity contribution in [1.29, 1.82) is 0 Å². The highest BCUT2D eigenvalue weighted by molar-refractivity contribution is 8.01. The molecule has 58 valence electrons. The highest BCUT2D eigenvalue weighted by Crippen LogP contribution is 2.16. The molecule has 0 aromatic rings. The number of hydrazine groups is 2. The molecule has 0 aromatic carbocycles. The Balaban J connectivity index is 2.80. The van der Waals surface area contributed by atoms with Crippen LogP contribution in [0.1, 0.15) is 0 Å². The Morgan fingerprint density at radius 3 is 2.50 bits per heavy atom. The van der Waals surface area contributed by atoms with Crippen molar-refractivity contribution < 1.29 is 8.42 Å². The van der Waals surface area contributed by atoms with E-state index in [0.717, 1.165) is 16.5 Å². The molecular formula is C2H6N4O2S2. The lowest BCUT2D eigenvalue weighted by Gasteiger charge is -2.06. The monoisotopic (exact) mass is 182 g/mol. The number of primary sulfonamides is 1. The quantitative estimate of drug-likeness (QED) is 0.334. The number of hydrogen-bond donors (Lipinski definition) is 3. The molecule has 0 bridgehead atoms. The first-order chi connectivity index (χ1) is 4.50. The van der Waals surface area contributed by atoms with Gasteiger partial charge >= 0.3 is 0 Å². The Labute approximate surface area is 62.4 Å². The van der Waals surface area contributed by atoms with Gasteiger partial charge in [-0.15, -0.1) is 0 Å². The van der Waals surface area contributed by atoms with Crippen LogP contribution in [0.4, 0.5) is 0 Å². The van der Waals surface area contributed by atoms with E-state index in [1.54, 1.807) is 0 Å². The van der Waals surface area contributed by atoms with E-state index < -0.39 is 10.0 Å². The summed E-state index contributed by atoms with van der Waals surface area (Å²) in [5.41, 5.74) is 2.32. The molecule has 1 rings (SSSR count). The first-order valence-electron chi connectivity index (χ1n) is 2.21. The summed E-state index contributed by atoms with van der Waals surface area (Å²) >= 11 is 1.01. The van der Waals surface area contributed by atoms with E-state index in [0.29, 0.717) is 0 Å². The van der Waals surface area contributed by atoms with Gasteiger partial charge in [-0.25, -0.2) is 19.4 Å². The van der Waals surface area contributed by atoms with Crippen molar-refractivity contribution >= 4 is 22.0 Å². The summed E-state index contributed by atoms with van der Waals surface area (Å²) < 4.78 is 22.1. The average molecular weight is 182 g/mol. The smallest absolute Gasteiger partial charge is 0.255 e. The molecule has 1 heterocycles. The number of nitrogens with two attached hydrogens (primary N) is 2. The first-order valence-corrected chi connectivity index (χ1v) is 4.59. The zero-order valence-electron chi connectivity index (χ0n) is 4.81.